The molecule has 0 unspecified atom stereocenters. The number of hydrazine groups is 1. The maximum absolute atomic E-state index is 11.7. The molecule has 0 aliphatic rings. The van der Waals surface area contributed by atoms with Crippen molar-refractivity contribution in [3.63, 3.8) is 0 Å². The normalized spacial score (nSPS) is 10.6. The molecule has 0 radical (unpaired) electrons. The Morgan fingerprint density at radius 3 is 2.36 bits per heavy atom. The Labute approximate surface area is 87.2 Å². The number of hydrogen-bond acceptors (Lipinski definition) is 3. The average Bonchev–Trinajstić information content (AvgIpc) is 2.13. The van der Waals surface area contributed by atoms with Crippen LogP contribution in [0.15, 0.2) is 0 Å². The van der Waals surface area contributed by atoms with Gasteiger partial charge in [0.25, 0.3) is 0 Å². The van der Waals surface area contributed by atoms with Crippen molar-refractivity contribution in [1.29, 1.82) is 0 Å². The molecule has 0 rings (SSSR count). The number of nitrogens with zero attached hydrogens (tertiary/aromatic N) is 2. The standard InChI is InChI=1S/C10H23N3O/c1-5-9-13(12(3)4)10(14)7-8-11-6-2/h11H,5-9H2,1-4H3. The van der Waals surface area contributed by atoms with Gasteiger partial charge in [0.1, 0.15) is 0 Å². The topological polar surface area (TPSA) is 35.6 Å². The molecule has 0 bridgehead atoms. The second-order valence-electron chi connectivity index (χ2n) is 3.47. The Hall–Kier alpha value is -0.610. The highest BCUT2D eigenvalue weighted by molar-refractivity contribution is 5.75. The molecule has 0 aromatic carbocycles. The fraction of sp³-hybridized carbons (Fsp3) is 0.900. The summed E-state index contributed by atoms with van der Waals surface area (Å²) in [4.78, 5) is 11.7. The molecule has 4 heteroatoms. The predicted molar refractivity (Wildman–Crippen MR) is 58.9 cm³/mol. The highest BCUT2D eigenvalue weighted by Crippen LogP contribution is 1.98. The lowest BCUT2D eigenvalue weighted by Crippen LogP contribution is -2.43. The molecule has 14 heavy (non-hydrogen) atoms. The SMILES string of the molecule is CCCN(C(=O)CCNCC)N(C)C. The van der Waals surface area contributed by atoms with Gasteiger partial charge in [0, 0.05) is 33.6 Å². The molecule has 0 aromatic rings. The van der Waals surface area contributed by atoms with Crippen LogP contribution in [-0.2, 0) is 4.79 Å². The van der Waals surface area contributed by atoms with Crippen LogP contribution in [-0.4, -0.2) is 49.7 Å². The maximum atomic E-state index is 11.7. The third-order valence-electron chi connectivity index (χ3n) is 1.97. The van der Waals surface area contributed by atoms with E-state index in [9.17, 15) is 4.79 Å². The minimum atomic E-state index is 0.192. The monoisotopic (exact) mass is 201 g/mol. The summed E-state index contributed by atoms with van der Waals surface area (Å²) in [6.45, 7) is 6.61. The molecule has 0 fully saturated rings. The number of hydrogen-bond donors (Lipinski definition) is 1. The molecule has 0 saturated carbocycles. The molecule has 0 saturated heterocycles. The summed E-state index contributed by atoms with van der Waals surface area (Å²) in [5, 5.41) is 6.80. The van der Waals surface area contributed by atoms with Crippen LogP contribution < -0.4 is 5.32 Å². The van der Waals surface area contributed by atoms with Gasteiger partial charge in [0.05, 0.1) is 0 Å². The van der Waals surface area contributed by atoms with E-state index in [0.717, 1.165) is 26.1 Å². The van der Waals surface area contributed by atoms with Crippen LogP contribution in [0.3, 0.4) is 0 Å². The van der Waals surface area contributed by atoms with E-state index in [2.05, 4.69) is 12.2 Å². The molecular formula is C10H23N3O. The van der Waals surface area contributed by atoms with Gasteiger partial charge >= 0.3 is 0 Å². The van der Waals surface area contributed by atoms with E-state index in [-0.39, 0.29) is 5.91 Å². The number of rotatable bonds is 7. The molecule has 0 atom stereocenters. The minimum absolute atomic E-state index is 0.192. The van der Waals surface area contributed by atoms with Gasteiger partial charge in [-0.15, -0.1) is 0 Å². The first-order valence-electron chi connectivity index (χ1n) is 5.31. The van der Waals surface area contributed by atoms with Crippen LogP contribution in [0.4, 0.5) is 0 Å². The van der Waals surface area contributed by atoms with E-state index in [4.69, 9.17) is 0 Å². The molecule has 1 N–H and O–H groups in total. The van der Waals surface area contributed by atoms with Crippen molar-refractivity contribution in [3.8, 4) is 0 Å². The second-order valence-corrected chi connectivity index (χ2v) is 3.47. The molecule has 1 amide bonds. The van der Waals surface area contributed by atoms with Gasteiger partial charge in [-0.25, -0.2) is 5.01 Å². The highest BCUT2D eigenvalue weighted by Gasteiger charge is 2.13. The van der Waals surface area contributed by atoms with Crippen LogP contribution in [0.1, 0.15) is 26.7 Å². The Morgan fingerprint density at radius 1 is 1.29 bits per heavy atom. The van der Waals surface area contributed by atoms with Gasteiger partial charge in [0.2, 0.25) is 5.91 Å². The fourth-order valence-electron chi connectivity index (χ4n) is 1.26. The van der Waals surface area contributed by atoms with Crippen LogP contribution in [0.2, 0.25) is 0 Å². The van der Waals surface area contributed by atoms with Crippen LogP contribution >= 0.6 is 0 Å². The predicted octanol–water partition coefficient (Wildman–Crippen LogP) is 0.701. The van der Waals surface area contributed by atoms with E-state index in [1.807, 2.05) is 26.0 Å². The largest absolute Gasteiger partial charge is 0.316 e. The minimum Gasteiger partial charge on any atom is -0.316 e. The van der Waals surface area contributed by atoms with Gasteiger partial charge in [-0.05, 0) is 13.0 Å². The van der Waals surface area contributed by atoms with Crippen molar-refractivity contribution in [3.05, 3.63) is 0 Å². The average molecular weight is 201 g/mol. The van der Waals surface area contributed by atoms with Crippen LogP contribution in [0.25, 0.3) is 0 Å². The van der Waals surface area contributed by atoms with Gasteiger partial charge in [-0.1, -0.05) is 13.8 Å². The Bertz CT molecular complexity index is 159. The van der Waals surface area contributed by atoms with Crippen molar-refractivity contribution in [2.75, 3.05) is 33.7 Å². The summed E-state index contributed by atoms with van der Waals surface area (Å²) in [5.41, 5.74) is 0. The lowest BCUT2D eigenvalue weighted by Gasteiger charge is -2.28. The zero-order valence-corrected chi connectivity index (χ0v) is 9.84. The van der Waals surface area contributed by atoms with E-state index in [1.54, 1.807) is 5.01 Å². The summed E-state index contributed by atoms with van der Waals surface area (Å²) in [6, 6.07) is 0. The fourth-order valence-corrected chi connectivity index (χ4v) is 1.26. The molecule has 4 nitrogen and oxygen atoms in total. The first-order chi connectivity index (χ1) is 6.63. The number of carbonyl (C=O) groups excluding carboxylic acids is 1. The van der Waals surface area contributed by atoms with Crippen molar-refractivity contribution in [1.82, 2.24) is 15.3 Å². The van der Waals surface area contributed by atoms with Crippen molar-refractivity contribution >= 4 is 5.91 Å². The van der Waals surface area contributed by atoms with E-state index >= 15 is 0 Å². The molecule has 0 aliphatic heterocycles. The van der Waals surface area contributed by atoms with Gasteiger partial charge < -0.3 is 5.32 Å². The number of carbonyl (C=O) groups is 1. The van der Waals surface area contributed by atoms with Gasteiger partial charge in [-0.3, -0.25) is 9.80 Å². The Balaban J connectivity index is 3.89. The zero-order valence-electron chi connectivity index (χ0n) is 9.84. The van der Waals surface area contributed by atoms with Crippen molar-refractivity contribution in [2.24, 2.45) is 0 Å². The molecule has 0 heterocycles. The third-order valence-corrected chi connectivity index (χ3v) is 1.97. The van der Waals surface area contributed by atoms with Crippen molar-refractivity contribution < 1.29 is 4.79 Å². The molecule has 0 aromatic heterocycles. The third kappa shape index (κ3) is 5.19. The lowest BCUT2D eigenvalue weighted by molar-refractivity contribution is -0.144. The molecule has 0 spiro atoms. The summed E-state index contributed by atoms with van der Waals surface area (Å²) >= 11 is 0. The van der Waals surface area contributed by atoms with E-state index in [1.165, 1.54) is 0 Å². The van der Waals surface area contributed by atoms with Gasteiger partial charge in [-0.2, -0.15) is 0 Å². The van der Waals surface area contributed by atoms with Crippen LogP contribution in [0.5, 0.6) is 0 Å². The smallest absolute Gasteiger partial charge is 0.238 e. The molecular weight excluding hydrogens is 178 g/mol. The van der Waals surface area contributed by atoms with E-state index in [0.29, 0.717) is 6.42 Å². The Morgan fingerprint density at radius 2 is 1.93 bits per heavy atom. The highest BCUT2D eigenvalue weighted by atomic mass is 16.2. The summed E-state index contributed by atoms with van der Waals surface area (Å²) < 4.78 is 0. The number of nitrogens with one attached hydrogen (secondary N) is 1. The maximum Gasteiger partial charge on any atom is 0.238 e. The molecule has 84 valence electrons. The lowest BCUT2D eigenvalue weighted by atomic mass is 10.3. The summed E-state index contributed by atoms with van der Waals surface area (Å²) in [5.74, 6) is 0.192. The van der Waals surface area contributed by atoms with Crippen molar-refractivity contribution in [2.45, 2.75) is 26.7 Å². The second kappa shape index (κ2) is 7.76. The van der Waals surface area contributed by atoms with E-state index < -0.39 is 0 Å². The quantitative estimate of drug-likeness (QED) is 0.486. The van der Waals surface area contributed by atoms with Crippen LogP contribution in [0, 0.1) is 0 Å². The summed E-state index contributed by atoms with van der Waals surface area (Å²) in [6.07, 6.45) is 1.57. The zero-order chi connectivity index (χ0) is 11.0. The number of amides is 1. The molecule has 0 aliphatic carbocycles. The first kappa shape index (κ1) is 13.4. The summed E-state index contributed by atoms with van der Waals surface area (Å²) in [7, 11) is 3.81. The first-order valence-corrected chi connectivity index (χ1v) is 5.31. The Kier molecular flexibility index (Phi) is 7.42. The van der Waals surface area contributed by atoms with Gasteiger partial charge in [0.15, 0.2) is 0 Å².